The summed E-state index contributed by atoms with van der Waals surface area (Å²) in [5.74, 6) is -0.574. The molecule has 3 N–H and O–H groups in total. The first-order chi connectivity index (χ1) is 19.2. The summed E-state index contributed by atoms with van der Waals surface area (Å²) in [4.78, 5) is 42.7. The van der Waals surface area contributed by atoms with Gasteiger partial charge in [0.2, 0.25) is 5.43 Å². The highest BCUT2D eigenvalue weighted by Gasteiger charge is 2.41. The number of pyridine rings is 3. The number of aromatic carboxylic acids is 1. The molecule has 5 aromatic rings. The zero-order valence-electron chi connectivity index (χ0n) is 22.3. The average Bonchev–Trinajstić information content (AvgIpc) is 3.31. The van der Waals surface area contributed by atoms with E-state index in [9.17, 15) is 14.7 Å². The standard InChI is InChI=1S/C29H28ClN7O3/c1-31-21-8-16(30)7-17-23-25(37-5-4-14-11-35(2)22(14)13-37)19(10-32-27(23)34-24(17)21)15-6-18-26(38)20(29(39)40)12-36(3)28(18)33-9-15/h6-10,12,14,22,31H,4-5,11,13H2,1-3H3,(H,32,34)(H,39,40)/t14?,22-/m0/s1. The van der Waals surface area contributed by atoms with Crippen molar-refractivity contribution in [3.63, 3.8) is 0 Å². The molecular weight excluding hydrogens is 530 g/mol. The second kappa shape index (κ2) is 8.94. The molecule has 2 aliphatic heterocycles. The molecule has 204 valence electrons. The van der Waals surface area contributed by atoms with Gasteiger partial charge in [0.1, 0.15) is 16.9 Å². The predicted octanol–water partition coefficient (Wildman–Crippen LogP) is 4.16. The lowest BCUT2D eigenvalue weighted by Gasteiger charge is -2.52. The summed E-state index contributed by atoms with van der Waals surface area (Å²) in [6.45, 7) is 2.87. The van der Waals surface area contributed by atoms with E-state index in [1.54, 1.807) is 23.9 Å². The molecule has 2 fully saturated rings. The molecule has 2 aliphatic rings. The monoisotopic (exact) mass is 557 g/mol. The molecule has 0 aliphatic carbocycles. The van der Waals surface area contributed by atoms with E-state index in [-0.39, 0.29) is 10.9 Å². The fraction of sp³-hybridized carbons (Fsp3) is 0.310. The number of H-pyrrole nitrogens is 1. The van der Waals surface area contributed by atoms with Crippen molar-refractivity contribution in [2.24, 2.45) is 13.0 Å². The molecular formula is C29H28ClN7O3. The van der Waals surface area contributed by atoms with Crippen LogP contribution in [-0.2, 0) is 7.05 Å². The van der Waals surface area contributed by atoms with Gasteiger partial charge in [0, 0.05) is 79.9 Å². The van der Waals surface area contributed by atoms with Gasteiger partial charge in [-0.3, -0.25) is 4.79 Å². The van der Waals surface area contributed by atoms with Crippen LogP contribution >= 0.6 is 11.6 Å². The van der Waals surface area contributed by atoms with Gasteiger partial charge in [0.15, 0.2) is 0 Å². The Hall–Kier alpha value is -4.15. The van der Waals surface area contributed by atoms with Crippen LogP contribution < -0.4 is 15.6 Å². The predicted molar refractivity (Wildman–Crippen MR) is 158 cm³/mol. The van der Waals surface area contributed by atoms with Gasteiger partial charge < -0.3 is 29.8 Å². The Balaban J connectivity index is 1.52. The fourth-order valence-electron chi connectivity index (χ4n) is 6.57. The number of aryl methyl sites for hydroxylation is 1. The second-order valence-electron chi connectivity index (χ2n) is 10.9. The van der Waals surface area contributed by atoms with Crippen LogP contribution in [-0.4, -0.2) is 75.3 Å². The first kappa shape index (κ1) is 24.9. The van der Waals surface area contributed by atoms with E-state index in [0.29, 0.717) is 28.2 Å². The highest BCUT2D eigenvalue weighted by Crippen LogP contribution is 2.45. The highest BCUT2D eigenvalue weighted by atomic mass is 35.5. The number of hydrogen-bond acceptors (Lipinski definition) is 7. The Labute approximate surface area is 234 Å². The van der Waals surface area contributed by atoms with E-state index in [1.807, 2.05) is 25.4 Å². The third kappa shape index (κ3) is 3.59. The van der Waals surface area contributed by atoms with Crippen LogP contribution in [0.4, 0.5) is 11.4 Å². The number of halogens is 1. The molecule has 0 amide bonds. The highest BCUT2D eigenvalue weighted by molar-refractivity contribution is 6.33. The zero-order chi connectivity index (χ0) is 27.9. The van der Waals surface area contributed by atoms with Gasteiger partial charge in [-0.05, 0) is 37.6 Å². The molecule has 0 radical (unpaired) electrons. The number of anilines is 2. The van der Waals surface area contributed by atoms with E-state index < -0.39 is 11.4 Å². The van der Waals surface area contributed by atoms with Crippen molar-refractivity contribution in [3.8, 4) is 11.1 Å². The van der Waals surface area contributed by atoms with E-state index >= 15 is 0 Å². The van der Waals surface area contributed by atoms with E-state index in [0.717, 1.165) is 64.9 Å². The minimum atomic E-state index is -1.26. The normalized spacial score (nSPS) is 19.2. The molecule has 1 unspecified atom stereocenters. The number of aromatic amines is 1. The van der Waals surface area contributed by atoms with Gasteiger partial charge in [-0.15, -0.1) is 0 Å². The summed E-state index contributed by atoms with van der Waals surface area (Å²) in [5, 5.41) is 15.6. The number of rotatable bonds is 4. The summed E-state index contributed by atoms with van der Waals surface area (Å²) in [6.07, 6.45) is 5.95. The van der Waals surface area contributed by atoms with Gasteiger partial charge in [-0.25, -0.2) is 14.8 Å². The number of carboxylic acid groups (broad SMARTS) is 1. The van der Waals surface area contributed by atoms with Gasteiger partial charge in [0.25, 0.3) is 0 Å². The third-order valence-electron chi connectivity index (χ3n) is 8.62. The Morgan fingerprint density at radius 3 is 2.73 bits per heavy atom. The Kier molecular flexibility index (Phi) is 5.55. The first-order valence-electron chi connectivity index (χ1n) is 13.2. The molecule has 11 heteroatoms. The number of likely N-dealkylation sites (tertiary alicyclic amines) is 1. The number of likely N-dealkylation sites (N-methyl/N-ethyl adjacent to an activating group) is 1. The number of carbonyl (C=O) groups is 1. The largest absolute Gasteiger partial charge is 0.477 e. The van der Waals surface area contributed by atoms with Crippen LogP contribution in [0.3, 0.4) is 0 Å². The second-order valence-corrected chi connectivity index (χ2v) is 11.3. The summed E-state index contributed by atoms with van der Waals surface area (Å²) < 4.78 is 1.57. The Morgan fingerprint density at radius 2 is 1.98 bits per heavy atom. The van der Waals surface area contributed by atoms with Crippen LogP contribution in [0.25, 0.3) is 44.1 Å². The van der Waals surface area contributed by atoms with E-state index in [1.165, 1.54) is 6.20 Å². The molecule has 4 aromatic heterocycles. The van der Waals surface area contributed by atoms with Crippen LogP contribution in [0.2, 0.25) is 5.02 Å². The average molecular weight is 558 g/mol. The maximum Gasteiger partial charge on any atom is 0.341 e. The van der Waals surface area contributed by atoms with Gasteiger partial charge in [-0.2, -0.15) is 0 Å². The lowest BCUT2D eigenvalue weighted by Crippen LogP contribution is -2.62. The van der Waals surface area contributed by atoms with Crippen molar-refractivity contribution in [2.45, 2.75) is 12.5 Å². The number of hydrogen-bond donors (Lipinski definition) is 3. The molecule has 0 saturated carbocycles. The smallest absolute Gasteiger partial charge is 0.341 e. The quantitative estimate of drug-likeness (QED) is 0.301. The minimum absolute atomic E-state index is 0.253. The molecule has 7 rings (SSSR count). The molecule has 6 heterocycles. The molecule has 2 saturated heterocycles. The summed E-state index contributed by atoms with van der Waals surface area (Å²) in [6, 6.07) is 6.05. The summed E-state index contributed by atoms with van der Waals surface area (Å²) in [5.41, 5.74) is 4.65. The molecule has 40 heavy (non-hydrogen) atoms. The van der Waals surface area contributed by atoms with Crippen LogP contribution in [0.5, 0.6) is 0 Å². The molecule has 10 nitrogen and oxygen atoms in total. The SMILES string of the molecule is CNc1cc(Cl)cc2c1[nH]c1ncc(-c3cnc4c(c3)c(=O)c(C(=O)O)cn4C)c(N3CCC4CN(C)[C@H]4C3)c12. The van der Waals surface area contributed by atoms with Gasteiger partial charge in [-0.1, -0.05) is 11.6 Å². The summed E-state index contributed by atoms with van der Waals surface area (Å²) >= 11 is 6.57. The lowest BCUT2D eigenvalue weighted by molar-refractivity contribution is 0.0281. The van der Waals surface area contributed by atoms with Crippen molar-refractivity contribution in [2.75, 3.05) is 43.9 Å². The third-order valence-corrected chi connectivity index (χ3v) is 8.84. The lowest BCUT2D eigenvalue weighted by atomic mass is 9.82. The number of nitrogens with one attached hydrogen (secondary N) is 2. The van der Waals surface area contributed by atoms with Crippen molar-refractivity contribution < 1.29 is 9.90 Å². The maximum atomic E-state index is 13.2. The van der Waals surface area contributed by atoms with Crippen molar-refractivity contribution in [1.29, 1.82) is 0 Å². The molecule has 2 atom stereocenters. The number of benzene rings is 1. The number of aromatic nitrogens is 4. The molecule has 1 aromatic carbocycles. The number of piperidine rings is 1. The van der Waals surface area contributed by atoms with Gasteiger partial charge in [0.05, 0.1) is 27.7 Å². The first-order valence-corrected chi connectivity index (χ1v) is 13.6. The van der Waals surface area contributed by atoms with E-state index in [4.69, 9.17) is 16.6 Å². The van der Waals surface area contributed by atoms with Crippen LogP contribution in [0, 0.1) is 5.92 Å². The molecule has 0 spiro atoms. The number of nitrogens with zero attached hydrogens (tertiary/aromatic N) is 5. The Morgan fingerprint density at radius 1 is 1.15 bits per heavy atom. The summed E-state index contributed by atoms with van der Waals surface area (Å²) in [7, 11) is 5.72. The minimum Gasteiger partial charge on any atom is -0.477 e. The zero-order valence-corrected chi connectivity index (χ0v) is 23.1. The Bertz CT molecular complexity index is 1930. The van der Waals surface area contributed by atoms with Gasteiger partial charge >= 0.3 is 5.97 Å². The van der Waals surface area contributed by atoms with Crippen molar-refractivity contribution in [1.82, 2.24) is 24.4 Å². The van der Waals surface area contributed by atoms with Crippen molar-refractivity contribution >= 4 is 61.9 Å². The number of fused-ring (bicyclic) bond motifs is 5. The maximum absolute atomic E-state index is 13.2. The van der Waals surface area contributed by atoms with Crippen LogP contribution in [0.1, 0.15) is 16.8 Å². The van der Waals surface area contributed by atoms with Crippen molar-refractivity contribution in [3.05, 3.63) is 57.6 Å². The van der Waals surface area contributed by atoms with Crippen LogP contribution in [0.15, 0.2) is 41.6 Å². The molecule has 0 bridgehead atoms. The topological polar surface area (TPSA) is 119 Å². The fourth-order valence-corrected chi connectivity index (χ4v) is 6.79. The number of carboxylic acids is 1. The van der Waals surface area contributed by atoms with E-state index in [2.05, 4.69) is 32.1 Å².